The van der Waals surface area contributed by atoms with E-state index < -0.39 is 43.6 Å². The second-order valence-electron chi connectivity index (χ2n) is 17.1. The van der Waals surface area contributed by atoms with Gasteiger partial charge in [0.05, 0.1) is 15.2 Å². The van der Waals surface area contributed by atoms with Crippen LogP contribution in [0.25, 0.3) is 43.1 Å². The molecule has 0 atom stereocenters. The first kappa shape index (κ1) is 33.6. The van der Waals surface area contributed by atoms with E-state index in [-0.39, 0.29) is 0 Å². The third-order valence-electron chi connectivity index (χ3n) is 14.6. The van der Waals surface area contributed by atoms with E-state index in [0.717, 1.165) is 0 Å². The SMILES string of the molecule is C[Si](C)(c1c2ccccc2cc2ccccc12)[Si](C)(C)[Si](C)(C)[Si](C)(C)[Si](C)(C)[Si](C)(C)c1c2ccccc2cc2ccccc12. The van der Waals surface area contributed by atoms with Crippen LogP contribution in [0, 0.1) is 0 Å². The second kappa shape index (κ2) is 11.1. The molecule has 0 fully saturated rings. The molecule has 0 radical (unpaired) electrons. The fraction of sp³-hybridized carbons (Fsp3) is 0.300. The molecule has 6 heteroatoms. The molecule has 0 nitrogen and oxygen atoms in total. The van der Waals surface area contributed by atoms with Gasteiger partial charge >= 0.3 is 0 Å². The maximum atomic E-state index is 2.91. The van der Waals surface area contributed by atoms with Crippen LogP contribution in [0.3, 0.4) is 0 Å². The van der Waals surface area contributed by atoms with Gasteiger partial charge < -0.3 is 0 Å². The summed E-state index contributed by atoms with van der Waals surface area (Å²) in [6.07, 6.45) is 0. The first-order valence-electron chi connectivity index (χ1n) is 17.2. The van der Waals surface area contributed by atoms with Gasteiger partial charge in [-0.05, 0) is 65.6 Å². The Morgan fingerprint density at radius 1 is 0.283 bits per heavy atom. The van der Waals surface area contributed by atoms with Crippen molar-refractivity contribution in [1.82, 2.24) is 0 Å². The molecule has 6 aromatic rings. The summed E-state index contributed by atoms with van der Waals surface area (Å²) < 4.78 is 0. The molecule has 0 amide bonds. The summed E-state index contributed by atoms with van der Waals surface area (Å²) in [5.41, 5.74) is 0. The van der Waals surface area contributed by atoms with Crippen LogP contribution in [0.2, 0.25) is 78.6 Å². The lowest BCUT2D eigenvalue weighted by atomic mass is 10.0. The second-order valence-corrected chi connectivity index (χ2v) is 81.1. The van der Waals surface area contributed by atoms with Gasteiger partial charge in [0.1, 0.15) is 0 Å². The zero-order chi connectivity index (χ0) is 33.5. The standard InChI is InChI=1S/C40H54Si6/c1-41(2,39-35-25-17-13-21-31(35)29-32-22-14-18-26-36(32)39)43(5,6)45(9,10)46(11,12)44(7,8)42(3,4)40-37-27-19-15-23-33(37)30-34-24-16-20-28-38(34)40/h13-30H,1-12H3. The Morgan fingerprint density at radius 2 is 0.500 bits per heavy atom. The van der Waals surface area contributed by atoms with Gasteiger partial charge in [-0.25, -0.2) is 0 Å². The summed E-state index contributed by atoms with van der Waals surface area (Å²) in [7, 11) is -10.8. The first-order chi connectivity index (χ1) is 21.4. The van der Waals surface area contributed by atoms with Crippen LogP contribution in [-0.2, 0) is 0 Å². The molecule has 0 aliphatic heterocycles. The number of hydrogen-bond acceptors (Lipinski definition) is 0. The maximum absolute atomic E-state index is 2.91. The highest BCUT2D eigenvalue weighted by Crippen LogP contribution is 2.44. The molecule has 0 aliphatic carbocycles. The third-order valence-corrected chi connectivity index (χ3v) is 134. The van der Waals surface area contributed by atoms with Crippen molar-refractivity contribution in [2.45, 2.75) is 78.6 Å². The average molecular weight is 703 g/mol. The minimum absolute atomic E-state index is 1.42. The fourth-order valence-corrected chi connectivity index (χ4v) is 160. The van der Waals surface area contributed by atoms with Crippen molar-refractivity contribution in [3.05, 3.63) is 109 Å². The molecule has 238 valence electrons. The van der Waals surface area contributed by atoms with Gasteiger partial charge in [0.2, 0.25) is 0 Å². The normalized spacial score (nSPS) is 14.1. The van der Waals surface area contributed by atoms with Crippen LogP contribution in [0.15, 0.2) is 109 Å². The van der Waals surface area contributed by atoms with Crippen molar-refractivity contribution in [1.29, 1.82) is 0 Å². The van der Waals surface area contributed by atoms with E-state index in [1.807, 2.05) is 0 Å². The summed E-state index contributed by atoms with van der Waals surface area (Å²) in [6.45, 7) is 34.3. The number of hydrogen-bond donors (Lipinski definition) is 0. The molecule has 46 heavy (non-hydrogen) atoms. The van der Waals surface area contributed by atoms with Crippen LogP contribution in [0.5, 0.6) is 0 Å². The molecule has 0 aliphatic rings. The Labute approximate surface area is 283 Å². The zero-order valence-corrected chi connectivity index (χ0v) is 36.4. The number of rotatable bonds is 7. The van der Waals surface area contributed by atoms with Crippen LogP contribution in [-0.4, -0.2) is 43.6 Å². The fourth-order valence-electron chi connectivity index (χ4n) is 9.12. The van der Waals surface area contributed by atoms with E-state index in [1.165, 1.54) is 43.1 Å². The predicted octanol–water partition coefficient (Wildman–Crippen LogP) is 11.1. The van der Waals surface area contributed by atoms with E-state index in [9.17, 15) is 0 Å². The molecule has 0 bridgehead atoms. The van der Waals surface area contributed by atoms with Crippen molar-refractivity contribution in [2.24, 2.45) is 0 Å². The van der Waals surface area contributed by atoms with E-state index in [4.69, 9.17) is 0 Å². The van der Waals surface area contributed by atoms with E-state index in [0.29, 0.717) is 0 Å². The molecule has 0 unspecified atom stereocenters. The van der Waals surface area contributed by atoms with Crippen molar-refractivity contribution < 1.29 is 0 Å². The molecule has 6 aromatic carbocycles. The summed E-state index contributed by atoms with van der Waals surface area (Å²) in [5, 5.41) is 15.3. The molecular formula is C40H54Si6. The molecule has 0 aromatic heterocycles. The van der Waals surface area contributed by atoms with Gasteiger partial charge in [0.15, 0.2) is 0 Å². The van der Waals surface area contributed by atoms with Crippen molar-refractivity contribution in [2.75, 3.05) is 0 Å². The van der Waals surface area contributed by atoms with Crippen molar-refractivity contribution in [3.63, 3.8) is 0 Å². The van der Waals surface area contributed by atoms with Crippen LogP contribution in [0.1, 0.15) is 0 Å². The number of fused-ring (bicyclic) bond motifs is 4. The Balaban J connectivity index is 1.56. The monoisotopic (exact) mass is 702 g/mol. The number of benzene rings is 6. The van der Waals surface area contributed by atoms with Gasteiger partial charge in [0.25, 0.3) is 0 Å². The molecule has 0 N–H and O–H groups in total. The lowest BCUT2D eigenvalue weighted by Gasteiger charge is -2.62. The summed E-state index contributed by atoms with van der Waals surface area (Å²) in [5.74, 6) is 0. The van der Waals surface area contributed by atoms with Gasteiger partial charge in [0, 0.05) is 28.4 Å². The van der Waals surface area contributed by atoms with Crippen molar-refractivity contribution in [3.8, 4) is 0 Å². The molecular weight excluding hydrogens is 649 g/mol. The minimum Gasteiger partial charge on any atom is -0.0735 e. The highest BCUT2D eigenvalue weighted by atomic mass is 30.0. The van der Waals surface area contributed by atoms with Crippen LogP contribution >= 0.6 is 0 Å². The van der Waals surface area contributed by atoms with Crippen molar-refractivity contribution >= 4 is 97.1 Å². The quantitative estimate of drug-likeness (QED) is 0.115. The highest BCUT2D eigenvalue weighted by molar-refractivity contribution is 7.98. The zero-order valence-electron chi connectivity index (χ0n) is 30.4. The Bertz CT molecular complexity index is 1860. The average Bonchev–Trinajstić information content (AvgIpc) is 3.01. The first-order valence-corrected chi connectivity index (χ1v) is 40.2. The lowest BCUT2D eigenvalue weighted by molar-refractivity contribution is 1.72. The molecule has 0 saturated carbocycles. The molecule has 0 heterocycles. The third kappa shape index (κ3) is 4.58. The molecule has 6 rings (SSSR count). The van der Waals surface area contributed by atoms with Crippen LogP contribution < -0.4 is 10.4 Å². The Morgan fingerprint density at radius 3 is 0.739 bits per heavy atom. The smallest absolute Gasteiger partial charge is 0.0727 e. The van der Waals surface area contributed by atoms with Gasteiger partial charge in [-0.2, -0.15) is 0 Å². The van der Waals surface area contributed by atoms with E-state index in [2.05, 4.69) is 188 Å². The summed E-state index contributed by atoms with van der Waals surface area (Å²) >= 11 is 0. The van der Waals surface area contributed by atoms with Crippen LogP contribution in [0.4, 0.5) is 0 Å². The predicted molar refractivity (Wildman–Crippen MR) is 227 cm³/mol. The van der Waals surface area contributed by atoms with Gasteiger partial charge in [-0.15, -0.1) is 0 Å². The summed E-state index contributed by atoms with van der Waals surface area (Å²) in [6, 6.07) is 42.1. The van der Waals surface area contributed by atoms with Gasteiger partial charge in [-0.1, -0.05) is 176 Å². The molecule has 0 saturated heterocycles. The van der Waals surface area contributed by atoms with Gasteiger partial charge in [-0.3, -0.25) is 0 Å². The Kier molecular flexibility index (Phi) is 8.10. The Hall–Kier alpha value is -2.34. The summed E-state index contributed by atoms with van der Waals surface area (Å²) in [4.78, 5) is 0. The largest absolute Gasteiger partial charge is 0.0735 e. The maximum Gasteiger partial charge on any atom is 0.0727 e. The van der Waals surface area contributed by atoms with E-state index in [1.54, 1.807) is 10.4 Å². The highest BCUT2D eigenvalue weighted by Gasteiger charge is 2.66. The molecule has 0 spiro atoms. The van der Waals surface area contributed by atoms with E-state index >= 15 is 0 Å². The minimum atomic E-state index is -1.91. The topological polar surface area (TPSA) is 0 Å². The lowest BCUT2D eigenvalue weighted by Crippen LogP contribution is -2.90.